The lowest BCUT2D eigenvalue weighted by atomic mass is 9.97. The van der Waals surface area contributed by atoms with Crippen molar-refractivity contribution in [1.82, 2.24) is 20.0 Å². The monoisotopic (exact) mass is 404 g/mol. The SMILES string of the molecule is Cc1ccc(-n2cc(C=C3C(=O)NC(=O)N(CCC4=CCCCC4)C3=O)cn2)cc1. The number of carbonyl (C=O) groups excluding carboxylic acids is 3. The average molecular weight is 404 g/mol. The van der Waals surface area contributed by atoms with Gasteiger partial charge in [-0.1, -0.05) is 29.3 Å². The Bertz CT molecular complexity index is 1050. The van der Waals surface area contributed by atoms with Crippen molar-refractivity contribution in [3.63, 3.8) is 0 Å². The third-order valence-electron chi connectivity index (χ3n) is 5.44. The Hall–Kier alpha value is -3.48. The third kappa shape index (κ3) is 4.25. The number of nitrogens with one attached hydrogen (secondary N) is 1. The quantitative estimate of drug-likeness (QED) is 0.469. The zero-order valence-corrected chi connectivity index (χ0v) is 16.9. The highest BCUT2D eigenvalue weighted by molar-refractivity contribution is 6.31. The zero-order chi connectivity index (χ0) is 21.1. The van der Waals surface area contributed by atoms with E-state index in [1.165, 1.54) is 18.1 Å². The summed E-state index contributed by atoms with van der Waals surface area (Å²) in [7, 11) is 0. The highest BCUT2D eigenvalue weighted by Crippen LogP contribution is 2.22. The summed E-state index contributed by atoms with van der Waals surface area (Å²) in [6.07, 6.45) is 12.0. The molecule has 1 aliphatic heterocycles. The van der Waals surface area contributed by atoms with E-state index >= 15 is 0 Å². The minimum atomic E-state index is -0.679. The molecule has 2 aromatic rings. The summed E-state index contributed by atoms with van der Waals surface area (Å²) in [5.41, 5.74) is 3.84. The predicted octanol–water partition coefficient (Wildman–Crippen LogP) is 3.53. The average Bonchev–Trinajstić information content (AvgIpc) is 3.21. The maximum absolute atomic E-state index is 12.9. The predicted molar refractivity (Wildman–Crippen MR) is 113 cm³/mol. The Kier molecular flexibility index (Phi) is 5.61. The van der Waals surface area contributed by atoms with Gasteiger partial charge in [-0.25, -0.2) is 9.48 Å². The Morgan fingerprint density at radius 3 is 2.67 bits per heavy atom. The molecule has 0 bridgehead atoms. The lowest BCUT2D eigenvalue weighted by molar-refractivity contribution is -0.130. The zero-order valence-electron chi connectivity index (χ0n) is 16.9. The van der Waals surface area contributed by atoms with Gasteiger partial charge in [-0.15, -0.1) is 0 Å². The van der Waals surface area contributed by atoms with Crippen LogP contribution in [0.1, 0.15) is 43.2 Å². The number of allylic oxidation sites excluding steroid dienone is 1. The molecule has 7 heteroatoms. The number of barbiturate groups is 1. The fourth-order valence-corrected chi connectivity index (χ4v) is 3.70. The molecule has 1 aromatic carbocycles. The van der Waals surface area contributed by atoms with E-state index in [0.29, 0.717) is 12.0 Å². The van der Waals surface area contributed by atoms with Crippen LogP contribution in [0.4, 0.5) is 4.79 Å². The topological polar surface area (TPSA) is 84.3 Å². The number of rotatable bonds is 5. The summed E-state index contributed by atoms with van der Waals surface area (Å²) in [6, 6.07) is 7.20. The number of benzene rings is 1. The minimum Gasteiger partial charge on any atom is -0.273 e. The van der Waals surface area contributed by atoms with Crippen LogP contribution in [0.3, 0.4) is 0 Å². The number of hydrogen-bond donors (Lipinski definition) is 1. The molecule has 1 aromatic heterocycles. The van der Waals surface area contributed by atoms with E-state index in [4.69, 9.17) is 0 Å². The number of aryl methyl sites for hydroxylation is 1. The van der Waals surface area contributed by atoms with Crippen molar-refractivity contribution in [2.24, 2.45) is 0 Å². The molecule has 0 radical (unpaired) electrons. The number of urea groups is 1. The first-order valence-corrected chi connectivity index (χ1v) is 10.2. The summed E-state index contributed by atoms with van der Waals surface area (Å²) in [6.45, 7) is 2.28. The maximum Gasteiger partial charge on any atom is 0.331 e. The van der Waals surface area contributed by atoms with Gasteiger partial charge in [0.2, 0.25) is 0 Å². The molecule has 4 rings (SSSR count). The van der Waals surface area contributed by atoms with E-state index in [2.05, 4.69) is 16.5 Å². The minimum absolute atomic E-state index is 0.0596. The van der Waals surface area contributed by atoms with Crippen molar-refractivity contribution in [2.75, 3.05) is 6.54 Å². The smallest absolute Gasteiger partial charge is 0.273 e. The first kappa shape index (κ1) is 19.8. The molecule has 1 N–H and O–H groups in total. The van der Waals surface area contributed by atoms with Crippen molar-refractivity contribution >= 4 is 23.9 Å². The van der Waals surface area contributed by atoms with Crippen LogP contribution >= 0.6 is 0 Å². The Balaban J connectivity index is 1.52. The molecular weight excluding hydrogens is 380 g/mol. The Labute approximate surface area is 175 Å². The second kappa shape index (κ2) is 8.49. The van der Waals surface area contributed by atoms with Crippen LogP contribution < -0.4 is 5.32 Å². The summed E-state index contributed by atoms with van der Waals surface area (Å²) < 4.78 is 1.68. The summed E-state index contributed by atoms with van der Waals surface area (Å²) in [4.78, 5) is 38.5. The Morgan fingerprint density at radius 1 is 1.13 bits per heavy atom. The van der Waals surface area contributed by atoms with E-state index in [9.17, 15) is 14.4 Å². The van der Waals surface area contributed by atoms with E-state index in [1.807, 2.05) is 31.2 Å². The molecule has 2 heterocycles. The van der Waals surface area contributed by atoms with Gasteiger partial charge in [0.05, 0.1) is 11.9 Å². The normalized spacial score (nSPS) is 18.6. The lowest BCUT2D eigenvalue weighted by Gasteiger charge is -2.27. The van der Waals surface area contributed by atoms with Gasteiger partial charge >= 0.3 is 6.03 Å². The fourth-order valence-electron chi connectivity index (χ4n) is 3.70. The van der Waals surface area contributed by atoms with Gasteiger partial charge in [-0.3, -0.25) is 19.8 Å². The molecule has 154 valence electrons. The van der Waals surface area contributed by atoms with E-state index in [1.54, 1.807) is 17.1 Å². The summed E-state index contributed by atoms with van der Waals surface area (Å²) >= 11 is 0. The third-order valence-corrected chi connectivity index (χ3v) is 5.44. The molecular formula is C23H24N4O3. The molecule has 1 aliphatic carbocycles. The summed E-state index contributed by atoms with van der Waals surface area (Å²) in [5, 5.41) is 6.58. The van der Waals surface area contributed by atoms with Gasteiger partial charge < -0.3 is 0 Å². The van der Waals surface area contributed by atoms with Gasteiger partial charge in [0.25, 0.3) is 11.8 Å². The lowest BCUT2D eigenvalue weighted by Crippen LogP contribution is -2.54. The maximum atomic E-state index is 12.9. The van der Waals surface area contributed by atoms with Crippen molar-refractivity contribution in [2.45, 2.75) is 39.0 Å². The first-order valence-electron chi connectivity index (χ1n) is 10.2. The van der Waals surface area contributed by atoms with Crippen molar-refractivity contribution < 1.29 is 14.4 Å². The van der Waals surface area contributed by atoms with Crippen LogP contribution in [-0.4, -0.2) is 39.1 Å². The van der Waals surface area contributed by atoms with Gasteiger partial charge in [0.15, 0.2) is 0 Å². The molecule has 4 amide bonds. The van der Waals surface area contributed by atoms with Crippen LogP contribution in [0.25, 0.3) is 11.8 Å². The van der Waals surface area contributed by atoms with Crippen molar-refractivity contribution in [3.8, 4) is 5.69 Å². The molecule has 1 saturated heterocycles. The van der Waals surface area contributed by atoms with E-state index < -0.39 is 17.8 Å². The molecule has 0 unspecified atom stereocenters. The number of amides is 4. The first-order chi connectivity index (χ1) is 14.5. The number of imide groups is 2. The molecule has 7 nitrogen and oxygen atoms in total. The molecule has 1 fully saturated rings. The van der Waals surface area contributed by atoms with Crippen LogP contribution in [0.5, 0.6) is 0 Å². The van der Waals surface area contributed by atoms with Gasteiger partial charge in [0, 0.05) is 18.3 Å². The van der Waals surface area contributed by atoms with Gasteiger partial charge in [0.1, 0.15) is 5.57 Å². The van der Waals surface area contributed by atoms with Crippen molar-refractivity contribution in [3.05, 3.63) is 65.0 Å². The Morgan fingerprint density at radius 2 is 1.93 bits per heavy atom. The number of nitrogens with zero attached hydrogens (tertiary/aromatic N) is 3. The molecule has 2 aliphatic rings. The molecule has 30 heavy (non-hydrogen) atoms. The largest absolute Gasteiger partial charge is 0.331 e. The molecule has 0 saturated carbocycles. The van der Waals surface area contributed by atoms with E-state index in [-0.39, 0.29) is 12.1 Å². The fraction of sp³-hybridized carbons (Fsp3) is 0.304. The number of hydrogen-bond acceptors (Lipinski definition) is 4. The number of carbonyl (C=O) groups is 3. The highest BCUT2D eigenvalue weighted by Gasteiger charge is 2.35. The van der Waals surface area contributed by atoms with Crippen LogP contribution in [0, 0.1) is 6.92 Å². The molecule has 0 atom stereocenters. The summed E-state index contributed by atoms with van der Waals surface area (Å²) in [5.74, 6) is -1.25. The standard InChI is InChI=1S/C23H24N4O3/c1-16-7-9-19(10-8-16)27-15-18(14-24-27)13-20-21(28)25-23(30)26(22(20)29)12-11-17-5-3-2-4-6-17/h5,7-10,13-15H,2-4,6,11-12H2,1H3,(H,25,28,30). The number of aromatic nitrogens is 2. The van der Waals surface area contributed by atoms with Gasteiger partial charge in [-0.05, 0) is 57.2 Å². The second-order valence-corrected chi connectivity index (χ2v) is 7.69. The van der Waals surface area contributed by atoms with Gasteiger partial charge in [-0.2, -0.15) is 5.10 Å². The van der Waals surface area contributed by atoms with Crippen LogP contribution in [0.15, 0.2) is 53.9 Å². The second-order valence-electron chi connectivity index (χ2n) is 7.69. The van der Waals surface area contributed by atoms with Crippen LogP contribution in [0.2, 0.25) is 0 Å². The van der Waals surface area contributed by atoms with Crippen molar-refractivity contribution in [1.29, 1.82) is 0 Å². The highest BCUT2D eigenvalue weighted by atomic mass is 16.2. The van der Waals surface area contributed by atoms with E-state index in [0.717, 1.165) is 35.4 Å². The van der Waals surface area contributed by atoms with Crippen LogP contribution in [-0.2, 0) is 9.59 Å². The molecule has 0 spiro atoms.